The van der Waals surface area contributed by atoms with Crippen LogP contribution in [0.1, 0.15) is 38.5 Å². The lowest BCUT2D eigenvalue weighted by Crippen LogP contribution is -2.47. The zero-order valence-corrected chi connectivity index (χ0v) is 9.77. The van der Waals surface area contributed by atoms with E-state index in [2.05, 4.69) is 0 Å². The molecule has 1 aliphatic carbocycles. The molecule has 1 saturated carbocycles. The smallest absolute Gasteiger partial charge is 0.226 e. The van der Waals surface area contributed by atoms with Crippen molar-refractivity contribution in [2.24, 2.45) is 11.7 Å². The van der Waals surface area contributed by atoms with Crippen molar-refractivity contribution in [1.82, 2.24) is 4.90 Å². The van der Waals surface area contributed by atoms with Crippen LogP contribution < -0.4 is 5.73 Å². The second kappa shape index (κ2) is 5.15. The normalized spacial score (nSPS) is 35.4. The third-order valence-corrected chi connectivity index (χ3v) is 3.94. The molecule has 1 heterocycles. The average molecular weight is 226 g/mol. The highest BCUT2D eigenvalue weighted by molar-refractivity contribution is 5.79. The van der Waals surface area contributed by atoms with Gasteiger partial charge in [-0.25, -0.2) is 0 Å². The third kappa shape index (κ3) is 2.38. The number of amides is 1. The van der Waals surface area contributed by atoms with E-state index in [-0.39, 0.29) is 30.5 Å². The van der Waals surface area contributed by atoms with Gasteiger partial charge in [0.25, 0.3) is 0 Å². The summed E-state index contributed by atoms with van der Waals surface area (Å²) in [5.74, 6) is 0.342. The van der Waals surface area contributed by atoms with E-state index in [0.717, 1.165) is 45.1 Å². The van der Waals surface area contributed by atoms with Gasteiger partial charge in [0.1, 0.15) is 0 Å². The Morgan fingerprint density at radius 3 is 2.75 bits per heavy atom. The Hall–Kier alpha value is -0.610. The summed E-state index contributed by atoms with van der Waals surface area (Å²) in [4.78, 5) is 14.2. The maximum atomic E-state index is 12.3. The van der Waals surface area contributed by atoms with Crippen LogP contribution in [0.15, 0.2) is 0 Å². The van der Waals surface area contributed by atoms with E-state index >= 15 is 0 Å². The van der Waals surface area contributed by atoms with Crippen LogP contribution in [-0.4, -0.2) is 41.1 Å². The molecule has 2 rings (SSSR count). The summed E-state index contributed by atoms with van der Waals surface area (Å²) < 4.78 is 0. The summed E-state index contributed by atoms with van der Waals surface area (Å²) in [7, 11) is 0. The second-order valence-electron chi connectivity index (χ2n) is 5.13. The highest BCUT2D eigenvalue weighted by Crippen LogP contribution is 2.28. The van der Waals surface area contributed by atoms with Gasteiger partial charge in [-0.1, -0.05) is 0 Å². The molecule has 3 N–H and O–H groups in total. The van der Waals surface area contributed by atoms with Gasteiger partial charge in [-0.2, -0.15) is 0 Å². The van der Waals surface area contributed by atoms with E-state index in [1.54, 1.807) is 0 Å². The summed E-state index contributed by atoms with van der Waals surface area (Å²) in [6, 6.07) is 0.254. The van der Waals surface area contributed by atoms with Crippen molar-refractivity contribution in [2.75, 3.05) is 13.2 Å². The summed E-state index contributed by atoms with van der Waals surface area (Å²) in [5.41, 5.74) is 5.84. The molecular weight excluding hydrogens is 204 g/mol. The largest absolute Gasteiger partial charge is 0.394 e. The Balaban J connectivity index is 1.96. The first kappa shape index (κ1) is 11.9. The first-order valence-corrected chi connectivity index (χ1v) is 6.39. The van der Waals surface area contributed by atoms with Gasteiger partial charge in [0, 0.05) is 18.5 Å². The first-order valence-electron chi connectivity index (χ1n) is 6.39. The van der Waals surface area contributed by atoms with Crippen LogP contribution in [0.5, 0.6) is 0 Å². The number of aliphatic hydroxyl groups is 1. The summed E-state index contributed by atoms with van der Waals surface area (Å²) >= 11 is 0. The van der Waals surface area contributed by atoms with Gasteiger partial charge in [-0.15, -0.1) is 0 Å². The van der Waals surface area contributed by atoms with Crippen LogP contribution in [0.2, 0.25) is 0 Å². The Labute approximate surface area is 96.8 Å². The van der Waals surface area contributed by atoms with Gasteiger partial charge >= 0.3 is 0 Å². The number of likely N-dealkylation sites (tertiary alicyclic amines) is 1. The SMILES string of the molecule is NC1CCC(C(=O)N2CCCCC2CO)C1. The van der Waals surface area contributed by atoms with Gasteiger partial charge in [-0.3, -0.25) is 4.79 Å². The molecule has 4 nitrogen and oxygen atoms in total. The minimum absolute atomic E-state index is 0.0538. The fourth-order valence-electron chi connectivity index (χ4n) is 2.96. The molecule has 0 aromatic rings. The predicted octanol–water partition coefficient (Wildman–Crippen LogP) is 0.487. The van der Waals surface area contributed by atoms with Crippen molar-refractivity contribution in [3.8, 4) is 0 Å². The van der Waals surface area contributed by atoms with E-state index in [0.29, 0.717) is 0 Å². The summed E-state index contributed by atoms with van der Waals surface area (Å²) in [6.45, 7) is 0.917. The van der Waals surface area contributed by atoms with Crippen molar-refractivity contribution in [3.63, 3.8) is 0 Å². The molecule has 0 bridgehead atoms. The maximum absolute atomic E-state index is 12.3. The summed E-state index contributed by atoms with van der Waals surface area (Å²) in [6.07, 6.45) is 5.86. The van der Waals surface area contributed by atoms with Gasteiger partial charge in [0.05, 0.1) is 12.6 Å². The van der Waals surface area contributed by atoms with Crippen molar-refractivity contribution in [1.29, 1.82) is 0 Å². The van der Waals surface area contributed by atoms with Gasteiger partial charge in [-0.05, 0) is 38.5 Å². The molecule has 0 aromatic heterocycles. The number of carbonyl (C=O) groups excluding carboxylic acids is 1. The number of rotatable bonds is 2. The molecule has 0 radical (unpaired) electrons. The van der Waals surface area contributed by atoms with Crippen molar-refractivity contribution in [2.45, 2.75) is 50.6 Å². The van der Waals surface area contributed by atoms with Crippen molar-refractivity contribution in [3.05, 3.63) is 0 Å². The lowest BCUT2D eigenvalue weighted by molar-refractivity contribution is -0.140. The van der Waals surface area contributed by atoms with Gasteiger partial charge in [0.15, 0.2) is 0 Å². The lowest BCUT2D eigenvalue weighted by atomic mass is 9.98. The van der Waals surface area contributed by atoms with Crippen molar-refractivity contribution >= 4 is 5.91 Å². The van der Waals surface area contributed by atoms with Crippen LogP contribution in [0.4, 0.5) is 0 Å². The molecule has 92 valence electrons. The van der Waals surface area contributed by atoms with E-state index in [1.165, 1.54) is 0 Å². The third-order valence-electron chi connectivity index (χ3n) is 3.94. The fraction of sp³-hybridized carbons (Fsp3) is 0.917. The number of hydrogen-bond donors (Lipinski definition) is 2. The standard InChI is InChI=1S/C12H22N2O2/c13-10-5-4-9(7-10)12(16)14-6-2-1-3-11(14)8-15/h9-11,15H,1-8,13H2. The average Bonchev–Trinajstić information content (AvgIpc) is 2.75. The van der Waals surface area contributed by atoms with E-state index in [9.17, 15) is 9.90 Å². The second-order valence-corrected chi connectivity index (χ2v) is 5.13. The van der Waals surface area contributed by atoms with Crippen LogP contribution in [0, 0.1) is 5.92 Å². The molecule has 1 amide bonds. The van der Waals surface area contributed by atoms with Gasteiger partial charge < -0.3 is 15.7 Å². The van der Waals surface area contributed by atoms with E-state index < -0.39 is 0 Å². The van der Waals surface area contributed by atoms with Gasteiger partial charge in [0.2, 0.25) is 5.91 Å². The highest BCUT2D eigenvalue weighted by atomic mass is 16.3. The van der Waals surface area contributed by atoms with Crippen LogP contribution >= 0.6 is 0 Å². The van der Waals surface area contributed by atoms with E-state index in [1.807, 2.05) is 4.90 Å². The number of hydrogen-bond acceptors (Lipinski definition) is 3. The molecule has 3 atom stereocenters. The Morgan fingerprint density at radius 2 is 2.12 bits per heavy atom. The maximum Gasteiger partial charge on any atom is 0.226 e. The number of piperidine rings is 1. The Bertz CT molecular complexity index is 257. The molecule has 2 fully saturated rings. The Morgan fingerprint density at radius 1 is 1.31 bits per heavy atom. The minimum atomic E-state index is 0.0538. The molecule has 0 spiro atoms. The number of nitrogens with two attached hydrogens (primary N) is 1. The van der Waals surface area contributed by atoms with Crippen LogP contribution in [0.25, 0.3) is 0 Å². The number of aliphatic hydroxyl groups excluding tert-OH is 1. The van der Waals surface area contributed by atoms with Crippen LogP contribution in [-0.2, 0) is 4.79 Å². The molecule has 1 saturated heterocycles. The first-order chi connectivity index (χ1) is 7.72. The fourth-order valence-corrected chi connectivity index (χ4v) is 2.96. The topological polar surface area (TPSA) is 66.6 Å². The zero-order valence-electron chi connectivity index (χ0n) is 9.77. The number of nitrogens with zero attached hydrogens (tertiary/aromatic N) is 1. The van der Waals surface area contributed by atoms with Crippen molar-refractivity contribution < 1.29 is 9.90 Å². The molecule has 0 aromatic carbocycles. The lowest BCUT2D eigenvalue weighted by Gasteiger charge is -2.36. The predicted molar refractivity (Wildman–Crippen MR) is 61.8 cm³/mol. The zero-order chi connectivity index (χ0) is 11.5. The van der Waals surface area contributed by atoms with E-state index in [4.69, 9.17) is 5.73 Å². The number of carbonyl (C=O) groups is 1. The Kier molecular flexibility index (Phi) is 3.82. The monoisotopic (exact) mass is 226 g/mol. The molecule has 2 aliphatic rings. The molecular formula is C12H22N2O2. The molecule has 16 heavy (non-hydrogen) atoms. The quantitative estimate of drug-likeness (QED) is 0.720. The van der Waals surface area contributed by atoms with Crippen LogP contribution in [0.3, 0.4) is 0 Å². The highest BCUT2D eigenvalue weighted by Gasteiger charge is 2.34. The molecule has 3 unspecified atom stereocenters. The summed E-state index contributed by atoms with van der Waals surface area (Å²) in [5, 5.41) is 9.29. The molecule has 1 aliphatic heterocycles. The molecule has 4 heteroatoms. The minimum Gasteiger partial charge on any atom is -0.394 e.